The molecule has 0 aliphatic heterocycles. The van der Waals surface area contributed by atoms with Crippen LogP contribution < -0.4 is 5.73 Å². The second-order valence-electron chi connectivity index (χ2n) is 2.95. The third kappa shape index (κ3) is 2.25. The number of amides is 1. The molecule has 0 aliphatic carbocycles. The standard InChI is InChI=1S/C9H8F3NO/c1-5-2-6(8(13)14)4-7(3-5)9(10,11)12/h2-4H,1H3,(H2,13,14). The summed E-state index contributed by atoms with van der Waals surface area (Å²) < 4.78 is 36.8. The van der Waals surface area contributed by atoms with Crippen LogP contribution in [0.15, 0.2) is 18.2 Å². The molecule has 0 heterocycles. The molecule has 0 aliphatic rings. The first-order chi connectivity index (χ1) is 6.30. The minimum atomic E-state index is -4.45. The Bertz CT molecular complexity index is 371. The Kier molecular flexibility index (Phi) is 2.51. The molecule has 5 heteroatoms. The molecule has 2 nitrogen and oxygen atoms in total. The first-order valence-corrected chi connectivity index (χ1v) is 3.79. The summed E-state index contributed by atoms with van der Waals surface area (Å²) in [4.78, 5) is 10.7. The van der Waals surface area contributed by atoms with Crippen molar-refractivity contribution in [2.75, 3.05) is 0 Å². The molecule has 0 bridgehead atoms. The number of aryl methyl sites for hydroxylation is 1. The van der Waals surface area contributed by atoms with Crippen molar-refractivity contribution < 1.29 is 18.0 Å². The lowest BCUT2D eigenvalue weighted by atomic mass is 10.1. The smallest absolute Gasteiger partial charge is 0.366 e. The Hall–Kier alpha value is -1.52. The fourth-order valence-corrected chi connectivity index (χ4v) is 1.09. The van der Waals surface area contributed by atoms with Crippen molar-refractivity contribution in [1.29, 1.82) is 0 Å². The highest BCUT2D eigenvalue weighted by Gasteiger charge is 2.31. The zero-order valence-electron chi connectivity index (χ0n) is 7.35. The largest absolute Gasteiger partial charge is 0.416 e. The Balaban J connectivity index is 3.28. The lowest BCUT2D eigenvalue weighted by molar-refractivity contribution is -0.137. The van der Waals surface area contributed by atoms with Gasteiger partial charge in [-0.25, -0.2) is 0 Å². The second kappa shape index (κ2) is 3.32. The second-order valence-corrected chi connectivity index (χ2v) is 2.95. The van der Waals surface area contributed by atoms with E-state index in [2.05, 4.69) is 0 Å². The predicted octanol–water partition coefficient (Wildman–Crippen LogP) is 2.11. The molecule has 1 aromatic rings. The molecule has 0 saturated carbocycles. The molecule has 0 aromatic heterocycles. The van der Waals surface area contributed by atoms with Crippen molar-refractivity contribution in [2.45, 2.75) is 13.1 Å². The van der Waals surface area contributed by atoms with E-state index in [4.69, 9.17) is 5.73 Å². The quantitative estimate of drug-likeness (QED) is 0.746. The topological polar surface area (TPSA) is 43.1 Å². The van der Waals surface area contributed by atoms with Gasteiger partial charge >= 0.3 is 6.18 Å². The molecule has 14 heavy (non-hydrogen) atoms. The molecule has 1 amide bonds. The summed E-state index contributed by atoms with van der Waals surface area (Å²) in [6.07, 6.45) is -4.45. The van der Waals surface area contributed by atoms with Crippen LogP contribution in [-0.2, 0) is 6.18 Å². The molecule has 0 fully saturated rings. The SMILES string of the molecule is Cc1cc(C(N)=O)cc(C(F)(F)F)c1. The van der Waals surface area contributed by atoms with Gasteiger partial charge < -0.3 is 5.73 Å². The minimum absolute atomic E-state index is 0.127. The summed E-state index contributed by atoms with van der Waals surface area (Å²) in [5, 5.41) is 0. The number of nitrogens with two attached hydrogens (primary N) is 1. The number of rotatable bonds is 1. The van der Waals surface area contributed by atoms with Crippen LogP contribution in [0.1, 0.15) is 21.5 Å². The molecule has 1 rings (SSSR count). The van der Waals surface area contributed by atoms with Crippen LogP contribution >= 0.6 is 0 Å². The van der Waals surface area contributed by atoms with E-state index >= 15 is 0 Å². The van der Waals surface area contributed by atoms with E-state index < -0.39 is 17.6 Å². The average molecular weight is 203 g/mol. The number of alkyl halides is 3. The maximum atomic E-state index is 12.3. The highest BCUT2D eigenvalue weighted by molar-refractivity contribution is 5.93. The van der Waals surface area contributed by atoms with E-state index in [0.717, 1.165) is 12.1 Å². The molecular weight excluding hydrogens is 195 g/mol. The van der Waals surface area contributed by atoms with Crippen LogP contribution in [0.25, 0.3) is 0 Å². The van der Waals surface area contributed by atoms with Crippen LogP contribution in [-0.4, -0.2) is 5.91 Å². The lowest BCUT2D eigenvalue weighted by Crippen LogP contribution is -2.14. The molecular formula is C9H8F3NO. The lowest BCUT2D eigenvalue weighted by Gasteiger charge is -2.08. The number of hydrogen-bond donors (Lipinski definition) is 1. The van der Waals surface area contributed by atoms with Gasteiger partial charge in [-0.3, -0.25) is 4.79 Å². The van der Waals surface area contributed by atoms with Gasteiger partial charge in [-0.1, -0.05) is 0 Å². The number of halogens is 3. The van der Waals surface area contributed by atoms with Crippen molar-refractivity contribution in [3.05, 3.63) is 34.9 Å². The third-order valence-electron chi connectivity index (χ3n) is 1.69. The van der Waals surface area contributed by atoms with Crippen LogP contribution in [0.3, 0.4) is 0 Å². The fourth-order valence-electron chi connectivity index (χ4n) is 1.09. The number of carbonyl (C=O) groups is 1. The maximum Gasteiger partial charge on any atom is 0.416 e. The van der Waals surface area contributed by atoms with Gasteiger partial charge in [-0.05, 0) is 30.7 Å². The highest BCUT2D eigenvalue weighted by atomic mass is 19.4. The number of hydrogen-bond acceptors (Lipinski definition) is 1. The van der Waals surface area contributed by atoms with Gasteiger partial charge in [-0.15, -0.1) is 0 Å². The molecule has 0 unspecified atom stereocenters. The fraction of sp³-hybridized carbons (Fsp3) is 0.222. The Labute approximate surface area is 78.5 Å². The number of carbonyl (C=O) groups excluding carboxylic acids is 1. The van der Waals surface area contributed by atoms with Gasteiger partial charge in [0, 0.05) is 5.56 Å². The monoisotopic (exact) mass is 203 g/mol. The van der Waals surface area contributed by atoms with Crippen LogP contribution in [0.2, 0.25) is 0 Å². The first-order valence-electron chi connectivity index (χ1n) is 3.79. The van der Waals surface area contributed by atoms with Crippen LogP contribution in [0, 0.1) is 6.92 Å². The van der Waals surface area contributed by atoms with Crippen LogP contribution in [0.4, 0.5) is 13.2 Å². The van der Waals surface area contributed by atoms with Crippen molar-refractivity contribution >= 4 is 5.91 Å². The Morgan fingerprint density at radius 3 is 2.29 bits per heavy atom. The van der Waals surface area contributed by atoms with E-state index in [-0.39, 0.29) is 5.56 Å². The minimum Gasteiger partial charge on any atom is -0.366 e. The molecule has 2 N–H and O–H groups in total. The van der Waals surface area contributed by atoms with Crippen molar-refractivity contribution in [3.8, 4) is 0 Å². The van der Waals surface area contributed by atoms with E-state index in [9.17, 15) is 18.0 Å². The van der Waals surface area contributed by atoms with E-state index in [1.54, 1.807) is 0 Å². The van der Waals surface area contributed by atoms with E-state index in [1.165, 1.54) is 13.0 Å². The normalized spacial score (nSPS) is 11.4. The van der Waals surface area contributed by atoms with Gasteiger partial charge in [0.1, 0.15) is 0 Å². The summed E-state index contributed by atoms with van der Waals surface area (Å²) in [7, 11) is 0. The van der Waals surface area contributed by atoms with Crippen molar-refractivity contribution in [1.82, 2.24) is 0 Å². The Morgan fingerprint density at radius 1 is 1.29 bits per heavy atom. The van der Waals surface area contributed by atoms with Gasteiger partial charge in [0.05, 0.1) is 5.56 Å². The maximum absolute atomic E-state index is 12.3. The van der Waals surface area contributed by atoms with E-state index in [0.29, 0.717) is 5.56 Å². The number of benzene rings is 1. The van der Waals surface area contributed by atoms with Gasteiger partial charge in [-0.2, -0.15) is 13.2 Å². The van der Waals surface area contributed by atoms with Gasteiger partial charge in [0.15, 0.2) is 0 Å². The molecule has 0 atom stereocenters. The van der Waals surface area contributed by atoms with Gasteiger partial charge in [0.2, 0.25) is 5.91 Å². The summed E-state index contributed by atoms with van der Waals surface area (Å²) in [5.41, 5.74) is 4.26. The number of primary amides is 1. The molecule has 0 radical (unpaired) electrons. The average Bonchev–Trinajstić information content (AvgIpc) is 2.01. The highest BCUT2D eigenvalue weighted by Crippen LogP contribution is 2.30. The van der Waals surface area contributed by atoms with Gasteiger partial charge in [0.25, 0.3) is 0 Å². The third-order valence-corrected chi connectivity index (χ3v) is 1.69. The van der Waals surface area contributed by atoms with Crippen molar-refractivity contribution in [3.63, 3.8) is 0 Å². The molecule has 0 saturated heterocycles. The molecule has 0 spiro atoms. The zero-order chi connectivity index (χ0) is 10.9. The zero-order valence-corrected chi connectivity index (χ0v) is 7.35. The summed E-state index contributed by atoms with van der Waals surface area (Å²) in [6.45, 7) is 1.47. The summed E-state index contributed by atoms with van der Waals surface area (Å²) in [5.74, 6) is -0.862. The van der Waals surface area contributed by atoms with Crippen LogP contribution in [0.5, 0.6) is 0 Å². The molecule has 76 valence electrons. The van der Waals surface area contributed by atoms with E-state index in [1.807, 2.05) is 0 Å². The summed E-state index contributed by atoms with van der Waals surface area (Å²) >= 11 is 0. The summed E-state index contributed by atoms with van der Waals surface area (Å²) in [6, 6.07) is 3.03. The Morgan fingerprint density at radius 2 is 1.86 bits per heavy atom. The molecule has 1 aromatic carbocycles. The predicted molar refractivity (Wildman–Crippen MR) is 44.7 cm³/mol. The van der Waals surface area contributed by atoms with Crippen molar-refractivity contribution in [2.24, 2.45) is 5.73 Å². The first kappa shape index (κ1) is 10.6.